The lowest BCUT2D eigenvalue weighted by Crippen LogP contribution is -2.29. The summed E-state index contributed by atoms with van der Waals surface area (Å²) in [6.45, 7) is 0. The summed E-state index contributed by atoms with van der Waals surface area (Å²) < 4.78 is 0.973. The Kier molecular flexibility index (Phi) is 1.46. The van der Waals surface area contributed by atoms with E-state index in [1.807, 2.05) is 12.3 Å². The molecule has 3 heteroatoms. The zero-order valence-corrected chi connectivity index (χ0v) is 7.31. The fraction of sp³-hybridized carbons (Fsp3) is 0.125. The van der Waals surface area contributed by atoms with Gasteiger partial charge >= 0.3 is 0 Å². The van der Waals surface area contributed by atoms with Gasteiger partial charge in [-0.25, -0.2) is 0 Å². The molecule has 0 saturated carbocycles. The molecule has 0 unspecified atom stereocenters. The Balaban J connectivity index is 2.90. The molecule has 1 N–H and O–H groups in total. The molecule has 1 heterocycles. The number of nitrogens with one attached hydrogen (secondary N) is 1. The molecule has 0 radical (unpaired) electrons. The molecule has 2 rings (SSSR count). The molecule has 0 saturated heterocycles. The normalized spacial score (nSPS) is 16.1. The minimum Gasteiger partial charge on any atom is -0.361 e. The molecule has 0 atom stereocenters. The van der Waals surface area contributed by atoms with E-state index in [1.165, 1.54) is 0 Å². The van der Waals surface area contributed by atoms with Crippen LogP contribution in [0.1, 0.15) is 6.42 Å². The van der Waals surface area contributed by atoms with Crippen LogP contribution in [-0.2, 0) is 4.79 Å². The minimum absolute atomic E-state index is 0.145. The molecular weight excluding hydrogens is 206 g/mol. The predicted molar refractivity (Wildman–Crippen MR) is 46.5 cm³/mol. The van der Waals surface area contributed by atoms with Gasteiger partial charge in [-0.1, -0.05) is 15.9 Å². The SMILES string of the molecule is O=C1C=c2[nH]ccc2=C(Br)C1. The van der Waals surface area contributed by atoms with Crippen LogP contribution in [-0.4, -0.2) is 10.8 Å². The van der Waals surface area contributed by atoms with Gasteiger partial charge < -0.3 is 4.98 Å². The largest absolute Gasteiger partial charge is 0.361 e. The number of carbonyl (C=O) groups is 1. The summed E-state index contributed by atoms with van der Waals surface area (Å²) in [5.74, 6) is 0.145. The van der Waals surface area contributed by atoms with E-state index in [9.17, 15) is 4.79 Å². The van der Waals surface area contributed by atoms with Crippen LogP contribution in [0, 0.1) is 0 Å². The van der Waals surface area contributed by atoms with Crippen LogP contribution in [0.5, 0.6) is 0 Å². The average Bonchev–Trinajstić information content (AvgIpc) is 2.34. The van der Waals surface area contributed by atoms with Gasteiger partial charge in [-0.2, -0.15) is 0 Å². The van der Waals surface area contributed by atoms with Crippen LogP contribution >= 0.6 is 15.9 Å². The van der Waals surface area contributed by atoms with Crippen LogP contribution in [0.25, 0.3) is 10.6 Å². The standard InChI is InChI=1S/C8H6BrNO/c9-7-3-5(11)4-8-6(7)1-2-10-8/h1-2,4,10H,3H2. The van der Waals surface area contributed by atoms with Gasteiger partial charge in [-0.15, -0.1) is 0 Å². The number of Topliss-reactive ketones (excluding diaryl/α,β-unsaturated/α-hetero) is 1. The van der Waals surface area contributed by atoms with Crippen molar-refractivity contribution in [3.63, 3.8) is 0 Å². The molecule has 11 heavy (non-hydrogen) atoms. The fourth-order valence-corrected chi connectivity index (χ4v) is 1.82. The maximum atomic E-state index is 11.0. The van der Waals surface area contributed by atoms with Gasteiger partial charge in [-0.05, 0) is 6.07 Å². The molecule has 0 amide bonds. The first-order valence-corrected chi connectivity index (χ1v) is 4.13. The van der Waals surface area contributed by atoms with Crippen molar-refractivity contribution in [3.8, 4) is 0 Å². The van der Waals surface area contributed by atoms with E-state index < -0.39 is 0 Å². The number of carbonyl (C=O) groups excluding carboxylic acids is 1. The molecule has 2 nitrogen and oxygen atoms in total. The lowest BCUT2D eigenvalue weighted by atomic mass is 10.1. The van der Waals surface area contributed by atoms with Gasteiger partial charge in [0.2, 0.25) is 0 Å². The topological polar surface area (TPSA) is 32.9 Å². The molecule has 0 spiro atoms. The van der Waals surface area contributed by atoms with Crippen LogP contribution in [0.15, 0.2) is 12.3 Å². The smallest absolute Gasteiger partial charge is 0.162 e. The highest BCUT2D eigenvalue weighted by Crippen LogP contribution is 2.11. The monoisotopic (exact) mass is 211 g/mol. The van der Waals surface area contributed by atoms with E-state index in [0.29, 0.717) is 6.42 Å². The highest BCUT2D eigenvalue weighted by Gasteiger charge is 2.07. The lowest BCUT2D eigenvalue weighted by molar-refractivity contribution is -0.112. The second kappa shape index (κ2) is 2.34. The van der Waals surface area contributed by atoms with Crippen molar-refractivity contribution in [3.05, 3.63) is 22.8 Å². The summed E-state index contributed by atoms with van der Waals surface area (Å²) in [4.78, 5) is 14.0. The van der Waals surface area contributed by atoms with Crippen molar-refractivity contribution in [2.75, 3.05) is 0 Å². The number of rotatable bonds is 0. The fourth-order valence-electron chi connectivity index (χ4n) is 1.20. The molecule has 1 aromatic rings. The summed E-state index contributed by atoms with van der Waals surface area (Å²) >= 11 is 3.36. The van der Waals surface area contributed by atoms with Crippen LogP contribution in [0.4, 0.5) is 0 Å². The van der Waals surface area contributed by atoms with Gasteiger partial charge in [0.25, 0.3) is 0 Å². The molecule has 1 aromatic heterocycles. The number of hydrogen-bond donors (Lipinski definition) is 1. The Morgan fingerprint density at radius 3 is 3.18 bits per heavy atom. The molecular formula is C8H6BrNO. The molecule has 0 aromatic carbocycles. The molecule has 0 bridgehead atoms. The Morgan fingerprint density at radius 2 is 2.36 bits per heavy atom. The van der Waals surface area contributed by atoms with Crippen LogP contribution < -0.4 is 10.6 Å². The summed E-state index contributed by atoms with van der Waals surface area (Å²) in [7, 11) is 0. The van der Waals surface area contributed by atoms with Crippen molar-refractivity contribution >= 4 is 32.3 Å². The quantitative estimate of drug-likeness (QED) is 0.657. The van der Waals surface area contributed by atoms with E-state index in [1.54, 1.807) is 6.08 Å². The number of aromatic nitrogens is 1. The third-order valence-electron chi connectivity index (χ3n) is 1.71. The molecule has 1 aliphatic carbocycles. The van der Waals surface area contributed by atoms with E-state index in [4.69, 9.17) is 0 Å². The summed E-state index contributed by atoms with van der Waals surface area (Å²) in [5, 5.41) is 2.01. The van der Waals surface area contributed by atoms with Crippen molar-refractivity contribution < 1.29 is 4.79 Å². The lowest BCUT2D eigenvalue weighted by Gasteiger charge is -1.98. The van der Waals surface area contributed by atoms with Gasteiger partial charge in [0.1, 0.15) is 0 Å². The van der Waals surface area contributed by atoms with E-state index in [-0.39, 0.29) is 5.78 Å². The number of ketones is 1. The Bertz CT molecular complexity index is 416. The molecule has 0 fully saturated rings. The van der Waals surface area contributed by atoms with Crippen LogP contribution in [0.3, 0.4) is 0 Å². The van der Waals surface area contributed by atoms with E-state index >= 15 is 0 Å². The first kappa shape index (κ1) is 6.85. The third-order valence-corrected chi connectivity index (χ3v) is 2.41. The zero-order chi connectivity index (χ0) is 7.84. The zero-order valence-electron chi connectivity index (χ0n) is 5.73. The van der Waals surface area contributed by atoms with Gasteiger partial charge in [-0.3, -0.25) is 4.79 Å². The van der Waals surface area contributed by atoms with Crippen molar-refractivity contribution in [1.82, 2.24) is 4.98 Å². The van der Waals surface area contributed by atoms with E-state index in [0.717, 1.165) is 15.1 Å². The number of halogens is 1. The second-order valence-corrected chi connectivity index (χ2v) is 3.45. The van der Waals surface area contributed by atoms with Crippen LogP contribution in [0.2, 0.25) is 0 Å². The Morgan fingerprint density at radius 1 is 1.55 bits per heavy atom. The second-order valence-electron chi connectivity index (χ2n) is 2.50. The predicted octanol–water partition coefficient (Wildman–Crippen LogP) is 0.271. The summed E-state index contributed by atoms with van der Waals surface area (Å²) in [5.41, 5.74) is 0. The number of hydrogen-bond acceptors (Lipinski definition) is 1. The van der Waals surface area contributed by atoms with Gasteiger partial charge in [0.15, 0.2) is 5.78 Å². The Labute approximate surface area is 71.7 Å². The van der Waals surface area contributed by atoms with E-state index in [2.05, 4.69) is 20.9 Å². The highest BCUT2D eigenvalue weighted by atomic mass is 79.9. The average molecular weight is 212 g/mol. The number of H-pyrrole nitrogens is 1. The molecule has 0 aliphatic heterocycles. The van der Waals surface area contributed by atoms with Gasteiger partial charge in [0, 0.05) is 33.7 Å². The maximum Gasteiger partial charge on any atom is 0.162 e. The van der Waals surface area contributed by atoms with Crippen molar-refractivity contribution in [2.24, 2.45) is 0 Å². The summed E-state index contributed by atoms with van der Waals surface area (Å²) in [6.07, 6.45) is 3.96. The number of aromatic amines is 1. The van der Waals surface area contributed by atoms with Gasteiger partial charge in [0.05, 0.1) is 0 Å². The first-order chi connectivity index (χ1) is 5.27. The minimum atomic E-state index is 0.145. The third kappa shape index (κ3) is 1.05. The Hall–Kier alpha value is -0.830. The maximum absolute atomic E-state index is 11.0. The highest BCUT2D eigenvalue weighted by molar-refractivity contribution is 9.14. The summed E-state index contributed by atoms with van der Waals surface area (Å²) in [6, 6.07) is 1.96. The van der Waals surface area contributed by atoms with Crippen molar-refractivity contribution in [2.45, 2.75) is 6.42 Å². The molecule has 1 aliphatic rings. The number of fused-ring (bicyclic) bond motifs is 1. The van der Waals surface area contributed by atoms with Crippen molar-refractivity contribution in [1.29, 1.82) is 0 Å². The first-order valence-electron chi connectivity index (χ1n) is 3.34. The molecule has 56 valence electrons.